The maximum atomic E-state index is 13.2. The number of Topliss-reactive ketones (excluding diaryl/α,β-unsaturated/α-hetero) is 1. The van der Waals surface area contributed by atoms with Crippen LogP contribution >= 0.6 is 11.8 Å². The van der Waals surface area contributed by atoms with E-state index >= 15 is 0 Å². The summed E-state index contributed by atoms with van der Waals surface area (Å²) in [6.07, 6.45) is 7.69. The lowest BCUT2D eigenvalue weighted by atomic mass is 10.0. The van der Waals surface area contributed by atoms with Gasteiger partial charge in [-0.05, 0) is 62.3 Å². The van der Waals surface area contributed by atoms with E-state index in [4.69, 9.17) is 0 Å². The second-order valence-corrected chi connectivity index (χ2v) is 9.92. The zero-order chi connectivity index (χ0) is 20.9. The second-order valence-electron chi connectivity index (χ2n) is 8.62. The molecule has 0 spiro atoms. The Labute approximate surface area is 185 Å². The van der Waals surface area contributed by atoms with Crippen LogP contribution in [0.4, 0.5) is 0 Å². The van der Waals surface area contributed by atoms with Crippen LogP contribution in [0.1, 0.15) is 53.7 Å². The maximum absolute atomic E-state index is 13.2. The fourth-order valence-corrected chi connectivity index (χ4v) is 5.63. The molecule has 2 heterocycles. The Morgan fingerprint density at radius 3 is 2.84 bits per heavy atom. The molecule has 0 radical (unpaired) electrons. The molecule has 6 rings (SSSR count). The molecule has 2 aliphatic rings. The van der Waals surface area contributed by atoms with Gasteiger partial charge in [-0.15, -0.1) is 10.2 Å². The third kappa shape index (κ3) is 3.30. The molecule has 1 N–H and O–H groups in total. The molecule has 2 aromatic heterocycles. The lowest BCUT2D eigenvalue weighted by Crippen LogP contribution is -2.15. The summed E-state index contributed by atoms with van der Waals surface area (Å²) in [5, 5.41) is 10.9. The normalized spacial score (nSPS) is 16.5. The Morgan fingerprint density at radius 1 is 1.13 bits per heavy atom. The van der Waals surface area contributed by atoms with Crippen LogP contribution in [0.25, 0.3) is 22.3 Å². The van der Waals surface area contributed by atoms with E-state index in [1.165, 1.54) is 29.3 Å². The number of para-hydroxylation sites is 1. The molecule has 5 nitrogen and oxygen atoms in total. The molecule has 0 aliphatic heterocycles. The molecular formula is C25H24N4OS. The molecular weight excluding hydrogens is 404 g/mol. The Balaban J connectivity index is 1.31. The fraction of sp³-hybridized carbons (Fsp3) is 0.320. The first-order valence-corrected chi connectivity index (χ1v) is 11.9. The SMILES string of the molecule is C[C@@H](Sc1nnc(-c2c[nH]c3ccccc23)n1C1CC1)C(=O)c1ccc2c(c1)CCC2. The number of carbonyl (C=O) groups excluding carboxylic acids is 1. The van der Waals surface area contributed by atoms with Gasteiger partial charge in [0.05, 0.1) is 5.25 Å². The largest absolute Gasteiger partial charge is 0.360 e. The number of benzene rings is 2. The number of H-pyrrole nitrogens is 1. The van der Waals surface area contributed by atoms with Crippen LogP contribution in [0, 0.1) is 0 Å². The van der Waals surface area contributed by atoms with Crippen molar-refractivity contribution in [1.29, 1.82) is 0 Å². The summed E-state index contributed by atoms with van der Waals surface area (Å²) < 4.78 is 2.24. The molecule has 0 bridgehead atoms. The van der Waals surface area contributed by atoms with Gasteiger partial charge in [-0.1, -0.05) is 42.1 Å². The monoisotopic (exact) mass is 428 g/mol. The molecule has 0 unspecified atom stereocenters. The molecule has 1 fully saturated rings. The van der Waals surface area contributed by atoms with Crippen LogP contribution < -0.4 is 0 Å². The lowest BCUT2D eigenvalue weighted by Gasteiger charge is -2.13. The highest BCUT2D eigenvalue weighted by atomic mass is 32.2. The summed E-state index contributed by atoms with van der Waals surface area (Å²) in [6.45, 7) is 1.98. The standard InChI is InChI=1S/C25H24N4OS/c1-15(23(30)18-10-9-16-5-4-6-17(16)13-18)31-25-28-27-24(29(25)19-11-12-19)21-14-26-22-8-3-2-7-20(21)22/h2-3,7-10,13-15,19,26H,4-6,11-12H2,1H3/t15-/m1/s1. The van der Waals surface area contributed by atoms with Crippen LogP contribution in [0.15, 0.2) is 53.8 Å². The van der Waals surface area contributed by atoms with Crippen LogP contribution in [-0.2, 0) is 12.8 Å². The number of nitrogens with zero attached hydrogens (tertiary/aromatic N) is 3. The van der Waals surface area contributed by atoms with Crippen LogP contribution in [0.2, 0.25) is 0 Å². The molecule has 1 saturated carbocycles. The Hall–Kier alpha value is -2.86. The first-order chi connectivity index (χ1) is 15.2. The topological polar surface area (TPSA) is 63.6 Å². The van der Waals surface area contributed by atoms with Crippen molar-refractivity contribution >= 4 is 28.4 Å². The number of rotatable bonds is 6. The number of thioether (sulfide) groups is 1. The minimum Gasteiger partial charge on any atom is -0.360 e. The summed E-state index contributed by atoms with van der Waals surface area (Å²) in [6, 6.07) is 14.9. The average Bonchev–Trinajstić information content (AvgIpc) is 3.20. The maximum Gasteiger partial charge on any atom is 0.192 e. The van der Waals surface area contributed by atoms with Crippen molar-refractivity contribution in [1.82, 2.24) is 19.7 Å². The molecule has 6 heteroatoms. The van der Waals surface area contributed by atoms with E-state index in [-0.39, 0.29) is 11.0 Å². The van der Waals surface area contributed by atoms with Crippen molar-refractivity contribution in [3.8, 4) is 11.4 Å². The minimum absolute atomic E-state index is 0.165. The Morgan fingerprint density at radius 2 is 1.97 bits per heavy atom. The smallest absolute Gasteiger partial charge is 0.192 e. The second kappa shape index (κ2) is 7.38. The summed E-state index contributed by atoms with van der Waals surface area (Å²) in [7, 11) is 0. The van der Waals surface area contributed by atoms with Gasteiger partial charge < -0.3 is 4.98 Å². The van der Waals surface area contributed by atoms with Gasteiger partial charge in [0.1, 0.15) is 0 Å². The average molecular weight is 429 g/mol. The highest BCUT2D eigenvalue weighted by Crippen LogP contribution is 2.43. The fourth-order valence-electron chi connectivity index (χ4n) is 4.63. The van der Waals surface area contributed by atoms with Gasteiger partial charge in [0.2, 0.25) is 0 Å². The van der Waals surface area contributed by atoms with Crippen LogP contribution in [0.5, 0.6) is 0 Å². The van der Waals surface area contributed by atoms with E-state index < -0.39 is 0 Å². The van der Waals surface area contributed by atoms with E-state index in [2.05, 4.69) is 44.0 Å². The van der Waals surface area contributed by atoms with E-state index in [1.54, 1.807) is 0 Å². The molecule has 4 aromatic rings. The minimum atomic E-state index is -0.211. The predicted molar refractivity (Wildman–Crippen MR) is 124 cm³/mol. The van der Waals surface area contributed by atoms with Gasteiger partial charge in [-0.25, -0.2) is 0 Å². The quantitative estimate of drug-likeness (QED) is 0.320. The van der Waals surface area contributed by atoms with Crippen molar-refractivity contribution in [2.75, 3.05) is 0 Å². The summed E-state index contributed by atoms with van der Waals surface area (Å²) in [5.41, 5.74) is 5.71. The van der Waals surface area contributed by atoms with E-state index in [0.717, 1.165) is 58.7 Å². The van der Waals surface area contributed by atoms with Crippen molar-refractivity contribution in [3.05, 3.63) is 65.4 Å². The first-order valence-electron chi connectivity index (χ1n) is 11.0. The van der Waals surface area contributed by atoms with Gasteiger partial charge in [0.15, 0.2) is 16.8 Å². The van der Waals surface area contributed by atoms with Gasteiger partial charge in [-0.3, -0.25) is 9.36 Å². The zero-order valence-corrected chi connectivity index (χ0v) is 18.3. The molecule has 0 saturated heterocycles. The molecule has 0 amide bonds. The van der Waals surface area contributed by atoms with E-state index in [9.17, 15) is 4.79 Å². The predicted octanol–water partition coefficient (Wildman–Crippen LogP) is 5.61. The molecule has 1 atom stereocenters. The molecule has 156 valence electrons. The first kappa shape index (κ1) is 18.9. The molecule has 2 aliphatic carbocycles. The zero-order valence-electron chi connectivity index (χ0n) is 17.5. The Kier molecular flexibility index (Phi) is 4.49. The highest BCUT2D eigenvalue weighted by Gasteiger charge is 2.32. The lowest BCUT2D eigenvalue weighted by molar-refractivity contribution is 0.0993. The van der Waals surface area contributed by atoms with Crippen molar-refractivity contribution in [2.24, 2.45) is 0 Å². The number of aromatic amines is 1. The van der Waals surface area contributed by atoms with Crippen molar-refractivity contribution in [3.63, 3.8) is 0 Å². The summed E-state index contributed by atoms with van der Waals surface area (Å²) >= 11 is 1.53. The third-order valence-electron chi connectivity index (χ3n) is 6.44. The van der Waals surface area contributed by atoms with E-state index in [1.807, 2.05) is 31.3 Å². The molecule has 2 aromatic carbocycles. The number of fused-ring (bicyclic) bond motifs is 2. The number of carbonyl (C=O) groups is 1. The summed E-state index contributed by atoms with van der Waals surface area (Å²) in [4.78, 5) is 16.5. The van der Waals surface area contributed by atoms with Crippen molar-refractivity contribution < 1.29 is 4.79 Å². The van der Waals surface area contributed by atoms with Crippen molar-refractivity contribution in [2.45, 2.75) is 55.5 Å². The van der Waals surface area contributed by atoms with E-state index in [0.29, 0.717) is 6.04 Å². The van der Waals surface area contributed by atoms with Crippen LogP contribution in [-0.4, -0.2) is 30.8 Å². The van der Waals surface area contributed by atoms with Gasteiger partial charge >= 0.3 is 0 Å². The van der Waals surface area contributed by atoms with Gasteiger partial charge in [0.25, 0.3) is 0 Å². The number of aromatic nitrogens is 4. The van der Waals surface area contributed by atoms with Gasteiger partial charge in [-0.2, -0.15) is 0 Å². The third-order valence-corrected chi connectivity index (χ3v) is 7.50. The number of ketones is 1. The number of hydrogen-bond donors (Lipinski definition) is 1. The number of hydrogen-bond acceptors (Lipinski definition) is 4. The van der Waals surface area contributed by atoms with Crippen LogP contribution in [0.3, 0.4) is 0 Å². The number of aryl methyl sites for hydroxylation is 2. The summed E-state index contributed by atoms with van der Waals surface area (Å²) in [5.74, 6) is 1.05. The highest BCUT2D eigenvalue weighted by molar-refractivity contribution is 8.00. The Bertz CT molecular complexity index is 1300. The molecule has 31 heavy (non-hydrogen) atoms. The van der Waals surface area contributed by atoms with Gasteiger partial charge in [0, 0.05) is 34.3 Å². The number of nitrogens with one attached hydrogen (secondary N) is 1.